The van der Waals surface area contributed by atoms with Crippen molar-refractivity contribution in [2.45, 2.75) is 51.5 Å². The minimum Gasteiger partial charge on any atom is -0.396 e. The van der Waals surface area contributed by atoms with Gasteiger partial charge in [-0.2, -0.15) is 5.10 Å². The molecule has 1 saturated heterocycles. The summed E-state index contributed by atoms with van der Waals surface area (Å²) in [6, 6.07) is 14.4. The Bertz CT molecular complexity index is 1300. The van der Waals surface area contributed by atoms with E-state index in [1.54, 1.807) is 6.20 Å². The molecular formula is C31H37N5O2. The Morgan fingerprint density at radius 2 is 1.95 bits per heavy atom. The summed E-state index contributed by atoms with van der Waals surface area (Å²) in [6.07, 6.45) is 13.8. The molecule has 2 aliphatic carbocycles. The monoisotopic (exact) mass is 511 g/mol. The minimum atomic E-state index is -0.0417. The number of aliphatic hydroxyl groups excluding tert-OH is 1. The summed E-state index contributed by atoms with van der Waals surface area (Å²) >= 11 is 0. The number of amides is 2. The lowest BCUT2D eigenvalue weighted by Gasteiger charge is -2.38. The molecule has 38 heavy (non-hydrogen) atoms. The quantitative estimate of drug-likeness (QED) is 0.478. The Hall–Kier alpha value is -3.45. The molecule has 3 aliphatic rings. The van der Waals surface area contributed by atoms with E-state index in [4.69, 9.17) is 5.10 Å². The van der Waals surface area contributed by atoms with E-state index in [1.807, 2.05) is 40.2 Å². The van der Waals surface area contributed by atoms with Crippen LogP contribution in [0.25, 0.3) is 11.8 Å². The second-order valence-electron chi connectivity index (χ2n) is 11.4. The maximum absolute atomic E-state index is 13.3. The van der Waals surface area contributed by atoms with Gasteiger partial charge in [-0.3, -0.25) is 4.98 Å². The van der Waals surface area contributed by atoms with E-state index < -0.39 is 0 Å². The van der Waals surface area contributed by atoms with Crippen molar-refractivity contribution < 1.29 is 9.90 Å². The van der Waals surface area contributed by atoms with Crippen LogP contribution in [0.4, 0.5) is 4.79 Å². The maximum Gasteiger partial charge on any atom is 0.317 e. The molecule has 3 atom stereocenters. The van der Waals surface area contributed by atoms with Crippen molar-refractivity contribution in [1.29, 1.82) is 0 Å². The van der Waals surface area contributed by atoms with Crippen molar-refractivity contribution in [3.05, 3.63) is 83.4 Å². The summed E-state index contributed by atoms with van der Waals surface area (Å²) in [4.78, 5) is 19.5. The first kappa shape index (κ1) is 24.9. The summed E-state index contributed by atoms with van der Waals surface area (Å²) in [5, 5.41) is 17.6. The molecule has 0 bridgehead atoms. The maximum atomic E-state index is 13.3. The summed E-state index contributed by atoms with van der Waals surface area (Å²) in [7, 11) is 0. The minimum absolute atomic E-state index is 0.0119. The largest absolute Gasteiger partial charge is 0.396 e. The molecule has 7 nitrogen and oxygen atoms in total. The number of carbonyl (C=O) groups excluding carboxylic acids is 1. The number of aliphatic hydroxyl groups is 1. The van der Waals surface area contributed by atoms with Gasteiger partial charge in [0.05, 0.1) is 29.8 Å². The van der Waals surface area contributed by atoms with Crippen molar-refractivity contribution in [3.8, 4) is 5.69 Å². The molecule has 1 saturated carbocycles. The average Bonchev–Trinajstić information content (AvgIpc) is 3.51. The Morgan fingerprint density at radius 1 is 1.13 bits per heavy atom. The average molecular weight is 512 g/mol. The van der Waals surface area contributed by atoms with E-state index in [9.17, 15) is 9.90 Å². The molecule has 2 N–H and O–H groups in total. The van der Waals surface area contributed by atoms with Crippen LogP contribution < -0.4 is 5.32 Å². The molecular weight excluding hydrogens is 474 g/mol. The number of nitrogens with one attached hydrogen (secondary N) is 1. The first-order valence-corrected chi connectivity index (χ1v) is 13.9. The lowest BCUT2D eigenvalue weighted by Crippen LogP contribution is -2.46. The normalized spacial score (nSPS) is 23.9. The topological polar surface area (TPSA) is 83.3 Å². The Kier molecular flexibility index (Phi) is 6.78. The third-order valence-electron chi connectivity index (χ3n) is 9.22. The molecule has 2 fully saturated rings. The zero-order valence-electron chi connectivity index (χ0n) is 22.1. The van der Waals surface area contributed by atoms with Crippen molar-refractivity contribution in [2.24, 2.45) is 17.3 Å². The second-order valence-corrected chi connectivity index (χ2v) is 11.4. The van der Waals surface area contributed by atoms with Crippen LogP contribution in [0.15, 0.2) is 66.6 Å². The lowest BCUT2D eigenvalue weighted by molar-refractivity contribution is 0.133. The van der Waals surface area contributed by atoms with Gasteiger partial charge < -0.3 is 15.3 Å². The van der Waals surface area contributed by atoms with Gasteiger partial charge in [0.25, 0.3) is 0 Å². The predicted octanol–water partition coefficient (Wildman–Crippen LogP) is 5.17. The highest BCUT2D eigenvalue weighted by molar-refractivity contribution is 5.75. The molecule has 3 aromatic rings. The van der Waals surface area contributed by atoms with Gasteiger partial charge in [-0.05, 0) is 85.1 Å². The fraction of sp³-hybridized carbons (Fsp3) is 0.452. The van der Waals surface area contributed by atoms with E-state index in [-0.39, 0.29) is 24.1 Å². The lowest BCUT2D eigenvalue weighted by atomic mass is 9.68. The molecule has 3 heterocycles. The Labute approximate surface area is 224 Å². The molecule has 198 valence electrons. The number of nitrogens with zero attached hydrogens (tertiary/aromatic N) is 4. The number of pyridine rings is 1. The van der Waals surface area contributed by atoms with E-state index in [2.05, 4.69) is 47.6 Å². The Balaban J connectivity index is 1.22. The van der Waals surface area contributed by atoms with Crippen LogP contribution in [-0.4, -0.2) is 50.5 Å². The van der Waals surface area contributed by atoms with Gasteiger partial charge in [0.15, 0.2) is 0 Å². The van der Waals surface area contributed by atoms with Gasteiger partial charge in [-0.15, -0.1) is 0 Å². The number of allylic oxidation sites excluding steroid dienone is 1. The standard InChI is InChI=1S/C31H37N5O2/c1-31-18-24-19-33-36(27-8-5-13-32-20-27)29(24)17-26(31)10-9-25(31)16-28(23-6-3-2-4-7-23)34-30(38)35-14-11-22(21-37)12-15-35/h2-8,13,17,19-20,22,25,28,37H,9-12,14-16,18,21H2,1H3,(H,34,38)/t25-,28?,31-/m1/s1. The summed E-state index contributed by atoms with van der Waals surface area (Å²) in [6.45, 7) is 4.03. The van der Waals surface area contributed by atoms with Crippen molar-refractivity contribution in [3.63, 3.8) is 0 Å². The van der Waals surface area contributed by atoms with Crippen molar-refractivity contribution in [2.75, 3.05) is 19.7 Å². The summed E-state index contributed by atoms with van der Waals surface area (Å²) in [5.41, 5.74) is 6.13. The van der Waals surface area contributed by atoms with Crippen LogP contribution in [0.2, 0.25) is 0 Å². The number of carbonyl (C=O) groups is 1. The van der Waals surface area contributed by atoms with E-state index in [1.165, 1.54) is 16.8 Å². The van der Waals surface area contributed by atoms with Gasteiger partial charge in [-0.25, -0.2) is 9.48 Å². The molecule has 0 radical (unpaired) electrons. The molecule has 1 aliphatic heterocycles. The molecule has 1 aromatic carbocycles. The molecule has 1 unspecified atom stereocenters. The van der Waals surface area contributed by atoms with Gasteiger partial charge in [0, 0.05) is 25.9 Å². The first-order valence-electron chi connectivity index (χ1n) is 13.9. The van der Waals surface area contributed by atoms with Crippen LogP contribution in [0.5, 0.6) is 0 Å². The molecule has 6 rings (SSSR count). The Morgan fingerprint density at radius 3 is 2.68 bits per heavy atom. The van der Waals surface area contributed by atoms with Gasteiger partial charge in [0.1, 0.15) is 0 Å². The molecule has 0 spiro atoms. The van der Waals surface area contributed by atoms with Crippen molar-refractivity contribution >= 4 is 12.1 Å². The highest BCUT2D eigenvalue weighted by Crippen LogP contribution is 2.55. The third-order valence-corrected chi connectivity index (χ3v) is 9.22. The summed E-state index contributed by atoms with van der Waals surface area (Å²) in [5.74, 6) is 0.764. The van der Waals surface area contributed by atoms with Gasteiger partial charge >= 0.3 is 6.03 Å². The number of hydrogen-bond donors (Lipinski definition) is 2. The van der Waals surface area contributed by atoms with Crippen LogP contribution in [0, 0.1) is 17.3 Å². The predicted molar refractivity (Wildman–Crippen MR) is 148 cm³/mol. The van der Waals surface area contributed by atoms with Crippen molar-refractivity contribution in [1.82, 2.24) is 25.0 Å². The molecule has 2 amide bonds. The SMILES string of the molecule is C[C@]12Cc3cnn(-c4cccnc4)c3C=C1CC[C@@H]2CC(NC(=O)N1CCC(CO)CC1)c1ccccc1. The number of likely N-dealkylation sites (tertiary alicyclic amines) is 1. The highest BCUT2D eigenvalue weighted by atomic mass is 16.3. The number of piperidine rings is 1. The van der Waals surface area contributed by atoms with Crippen LogP contribution >= 0.6 is 0 Å². The number of fused-ring (bicyclic) bond motifs is 2. The zero-order chi connectivity index (χ0) is 26.1. The fourth-order valence-electron chi connectivity index (χ4n) is 6.80. The van der Waals surface area contributed by atoms with Gasteiger partial charge in [-0.1, -0.05) is 42.8 Å². The van der Waals surface area contributed by atoms with Crippen LogP contribution in [0.3, 0.4) is 0 Å². The number of benzene rings is 1. The highest BCUT2D eigenvalue weighted by Gasteiger charge is 2.46. The number of urea groups is 1. The van der Waals surface area contributed by atoms with Crippen LogP contribution in [0.1, 0.15) is 61.9 Å². The number of aromatic nitrogens is 3. The first-order chi connectivity index (χ1) is 18.5. The van der Waals surface area contributed by atoms with E-state index in [0.717, 1.165) is 49.8 Å². The van der Waals surface area contributed by atoms with E-state index in [0.29, 0.717) is 24.9 Å². The fourth-order valence-corrected chi connectivity index (χ4v) is 6.80. The zero-order valence-corrected chi connectivity index (χ0v) is 22.1. The van der Waals surface area contributed by atoms with Crippen LogP contribution in [-0.2, 0) is 6.42 Å². The molecule has 7 heteroatoms. The smallest absolute Gasteiger partial charge is 0.317 e. The second kappa shape index (κ2) is 10.4. The number of rotatable bonds is 6. The third kappa shape index (κ3) is 4.64. The summed E-state index contributed by atoms with van der Waals surface area (Å²) < 4.78 is 2.01. The number of hydrogen-bond acceptors (Lipinski definition) is 4. The van der Waals surface area contributed by atoms with E-state index >= 15 is 0 Å². The molecule has 2 aromatic heterocycles. The van der Waals surface area contributed by atoms with Gasteiger partial charge in [0.2, 0.25) is 0 Å².